The highest BCUT2D eigenvalue weighted by atomic mass is 32.1. The average molecular weight is 378 g/mol. The number of benzene rings is 3. The van der Waals surface area contributed by atoms with E-state index in [-0.39, 0.29) is 11.7 Å². The number of anilines is 3. The minimum absolute atomic E-state index is 0.128. The van der Waals surface area contributed by atoms with Crippen LogP contribution in [0.5, 0.6) is 0 Å². The van der Waals surface area contributed by atoms with Crippen LogP contribution in [0.25, 0.3) is 0 Å². The number of thiol groups is 1. The molecule has 0 unspecified atom stereocenters. The Kier molecular flexibility index (Phi) is 6.94. The van der Waals surface area contributed by atoms with E-state index < -0.39 is 0 Å². The van der Waals surface area contributed by atoms with Crippen molar-refractivity contribution in [3.05, 3.63) is 90.5 Å². The lowest BCUT2D eigenvalue weighted by Crippen LogP contribution is -2.10. The van der Waals surface area contributed by atoms with Crippen LogP contribution < -0.4 is 4.90 Å². The van der Waals surface area contributed by atoms with E-state index >= 15 is 0 Å². The van der Waals surface area contributed by atoms with Gasteiger partial charge in [-0.3, -0.25) is 4.79 Å². The number of hydrogen-bond acceptors (Lipinski definition) is 4. The lowest BCUT2D eigenvalue weighted by atomic mass is 10.1. The monoisotopic (exact) mass is 377 g/mol. The molecule has 3 aromatic carbocycles. The third-order valence-corrected chi connectivity index (χ3v) is 4.48. The maximum Gasteiger partial charge on any atom is 0.315 e. The summed E-state index contributed by atoms with van der Waals surface area (Å²) in [5.74, 6) is -0.140. The van der Waals surface area contributed by atoms with E-state index in [4.69, 9.17) is 4.74 Å². The Labute approximate surface area is 166 Å². The molecule has 0 atom stereocenters. The molecular weight excluding hydrogens is 354 g/mol. The van der Waals surface area contributed by atoms with Gasteiger partial charge in [0.25, 0.3) is 0 Å². The van der Waals surface area contributed by atoms with Gasteiger partial charge in [0.05, 0.1) is 12.4 Å². The van der Waals surface area contributed by atoms with Crippen molar-refractivity contribution < 1.29 is 9.53 Å². The van der Waals surface area contributed by atoms with Crippen molar-refractivity contribution in [2.75, 3.05) is 17.3 Å². The van der Waals surface area contributed by atoms with E-state index in [9.17, 15) is 4.79 Å². The van der Waals surface area contributed by atoms with Gasteiger partial charge in [-0.05, 0) is 54.8 Å². The van der Waals surface area contributed by atoms with Crippen molar-refractivity contribution in [2.24, 2.45) is 0 Å². The van der Waals surface area contributed by atoms with Crippen molar-refractivity contribution in [2.45, 2.75) is 12.8 Å². The smallest absolute Gasteiger partial charge is 0.315 e. The van der Waals surface area contributed by atoms with Gasteiger partial charge in [0.15, 0.2) is 0 Å². The second-order valence-electron chi connectivity index (χ2n) is 6.16. The van der Waals surface area contributed by atoms with Gasteiger partial charge in [0, 0.05) is 17.1 Å². The Morgan fingerprint density at radius 3 is 1.81 bits per heavy atom. The second-order valence-corrected chi connectivity index (χ2v) is 6.47. The second kappa shape index (κ2) is 9.83. The van der Waals surface area contributed by atoms with E-state index in [1.165, 1.54) is 5.56 Å². The Hall–Kier alpha value is -2.72. The van der Waals surface area contributed by atoms with Gasteiger partial charge < -0.3 is 9.64 Å². The van der Waals surface area contributed by atoms with Crippen LogP contribution in [0, 0.1) is 0 Å². The number of carbonyl (C=O) groups excluding carboxylic acids is 1. The summed E-state index contributed by atoms with van der Waals surface area (Å²) in [6.45, 7) is 0.432. The molecule has 3 rings (SSSR count). The van der Waals surface area contributed by atoms with E-state index in [0.717, 1.165) is 29.9 Å². The van der Waals surface area contributed by atoms with Gasteiger partial charge in [0.1, 0.15) is 0 Å². The molecule has 0 fully saturated rings. The van der Waals surface area contributed by atoms with E-state index in [1.54, 1.807) is 0 Å². The van der Waals surface area contributed by atoms with E-state index in [1.807, 2.05) is 36.4 Å². The zero-order valence-electron chi connectivity index (χ0n) is 15.1. The third-order valence-electron chi connectivity index (χ3n) is 4.23. The average Bonchev–Trinajstić information content (AvgIpc) is 2.74. The van der Waals surface area contributed by atoms with Gasteiger partial charge in [-0.2, -0.15) is 12.6 Å². The molecular formula is C23H23NO2S. The van der Waals surface area contributed by atoms with Crippen molar-refractivity contribution in [1.29, 1.82) is 0 Å². The highest BCUT2D eigenvalue weighted by Gasteiger charge is 2.11. The minimum Gasteiger partial charge on any atom is -0.465 e. The van der Waals surface area contributed by atoms with Gasteiger partial charge in [-0.1, -0.05) is 48.5 Å². The van der Waals surface area contributed by atoms with Gasteiger partial charge in [-0.15, -0.1) is 0 Å². The zero-order valence-corrected chi connectivity index (χ0v) is 16.0. The van der Waals surface area contributed by atoms with Crippen LogP contribution in [-0.2, 0) is 16.0 Å². The molecule has 0 amide bonds. The summed E-state index contributed by atoms with van der Waals surface area (Å²) in [5.41, 5.74) is 4.57. The molecule has 0 heterocycles. The first-order valence-electron chi connectivity index (χ1n) is 9.03. The fourth-order valence-corrected chi connectivity index (χ4v) is 3.01. The Balaban J connectivity index is 1.73. The number of esters is 1. The van der Waals surface area contributed by atoms with Crippen LogP contribution >= 0.6 is 12.6 Å². The standard InChI is InChI=1S/C23H23NO2S/c25-23(18-27)26-17-7-8-19-13-15-22(16-14-19)24(20-9-3-1-4-10-20)21-11-5-2-6-12-21/h1-6,9-16,27H,7-8,17-18H2. The SMILES string of the molecule is O=C(CS)OCCCc1ccc(N(c2ccccc2)c2ccccc2)cc1. The quantitative estimate of drug-likeness (QED) is 0.316. The molecule has 4 heteroatoms. The first kappa shape index (κ1) is 19.1. The van der Waals surface area contributed by atoms with Crippen LogP contribution in [0.4, 0.5) is 17.1 Å². The Morgan fingerprint density at radius 1 is 0.778 bits per heavy atom. The molecule has 0 bridgehead atoms. The van der Waals surface area contributed by atoms with Crippen LogP contribution in [-0.4, -0.2) is 18.3 Å². The number of aryl methyl sites for hydroxylation is 1. The number of ether oxygens (including phenoxy) is 1. The zero-order chi connectivity index (χ0) is 18.9. The summed E-state index contributed by atoms with van der Waals surface area (Å²) >= 11 is 3.90. The molecule has 0 aliphatic carbocycles. The summed E-state index contributed by atoms with van der Waals surface area (Å²) in [4.78, 5) is 13.3. The van der Waals surface area contributed by atoms with Crippen molar-refractivity contribution >= 4 is 35.7 Å². The molecule has 0 aliphatic heterocycles. The number of nitrogens with zero attached hydrogens (tertiary/aromatic N) is 1. The summed E-state index contributed by atoms with van der Waals surface area (Å²) in [6, 6.07) is 29.2. The molecule has 0 radical (unpaired) electrons. The highest BCUT2D eigenvalue weighted by molar-refractivity contribution is 7.81. The van der Waals surface area contributed by atoms with Gasteiger partial charge in [-0.25, -0.2) is 0 Å². The molecule has 3 nitrogen and oxygen atoms in total. The molecule has 0 aliphatic rings. The first-order chi connectivity index (χ1) is 13.3. The lowest BCUT2D eigenvalue weighted by Gasteiger charge is -2.25. The first-order valence-corrected chi connectivity index (χ1v) is 9.67. The van der Waals surface area contributed by atoms with Crippen LogP contribution in [0.3, 0.4) is 0 Å². The minimum atomic E-state index is -0.268. The molecule has 0 spiro atoms. The van der Waals surface area contributed by atoms with Gasteiger partial charge in [0.2, 0.25) is 0 Å². The van der Waals surface area contributed by atoms with Gasteiger partial charge >= 0.3 is 5.97 Å². The predicted molar refractivity (Wildman–Crippen MR) is 114 cm³/mol. The molecule has 0 saturated heterocycles. The van der Waals surface area contributed by atoms with Crippen molar-refractivity contribution in [3.63, 3.8) is 0 Å². The molecule has 3 aromatic rings. The molecule has 0 saturated carbocycles. The summed E-state index contributed by atoms with van der Waals surface area (Å²) in [7, 11) is 0. The number of carbonyl (C=O) groups is 1. The number of hydrogen-bond donors (Lipinski definition) is 1. The van der Waals surface area contributed by atoms with Crippen molar-refractivity contribution in [3.8, 4) is 0 Å². The fourth-order valence-electron chi connectivity index (χ4n) is 2.92. The van der Waals surface area contributed by atoms with E-state index in [2.05, 4.69) is 66.1 Å². The summed E-state index contributed by atoms with van der Waals surface area (Å²) in [5, 5.41) is 0. The van der Waals surface area contributed by atoms with Crippen LogP contribution in [0.1, 0.15) is 12.0 Å². The largest absolute Gasteiger partial charge is 0.465 e. The normalized spacial score (nSPS) is 10.4. The van der Waals surface area contributed by atoms with Crippen LogP contribution in [0.2, 0.25) is 0 Å². The predicted octanol–water partition coefficient (Wildman–Crippen LogP) is 5.56. The Bertz CT molecular complexity index is 796. The fraction of sp³-hybridized carbons (Fsp3) is 0.174. The van der Waals surface area contributed by atoms with Crippen molar-refractivity contribution in [1.82, 2.24) is 0 Å². The maximum absolute atomic E-state index is 11.1. The maximum atomic E-state index is 11.1. The third kappa shape index (κ3) is 5.38. The number of rotatable bonds is 8. The lowest BCUT2D eigenvalue weighted by molar-refractivity contribution is -0.140. The van der Waals surface area contributed by atoms with Crippen LogP contribution in [0.15, 0.2) is 84.9 Å². The molecule has 0 aromatic heterocycles. The summed E-state index contributed by atoms with van der Waals surface area (Å²) in [6.07, 6.45) is 1.68. The highest BCUT2D eigenvalue weighted by Crippen LogP contribution is 2.34. The molecule has 138 valence electrons. The molecule has 27 heavy (non-hydrogen) atoms. The topological polar surface area (TPSA) is 29.5 Å². The van der Waals surface area contributed by atoms with E-state index in [0.29, 0.717) is 6.61 Å². The Morgan fingerprint density at radius 2 is 1.30 bits per heavy atom. The molecule has 0 N–H and O–H groups in total. The summed E-state index contributed by atoms with van der Waals surface area (Å²) < 4.78 is 5.07. The number of para-hydroxylation sites is 2.